The molecule has 27 heavy (non-hydrogen) atoms. The van der Waals surface area contributed by atoms with Gasteiger partial charge in [0.25, 0.3) is 8.32 Å². The van der Waals surface area contributed by atoms with Crippen molar-refractivity contribution in [2.75, 3.05) is 6.61 Å². The Kier molecular flexibility index (Phi) is 10.1. The van der Waals surface area contributed by atoms with Crippen LogP contribution in [0.4, 0.5) is 0 Å². The Bertz CT molecular complexity index is 514. The molecule has 0 bridgehead atoms. The van der Waals surface area contributed by atoms with Crippen molar-refractivity contribution in [3.05, 3.63) is 0 Å². The fraction of sp³-hybridized carbons (Fsp3) is 0.933. The standard InChI is InChI=1S/C15H40NO6PSi4/c1-24(2,3)19-15(13-16-20-25(4,5)6)14-18-23(17,21-26(7,8)9)22-27(10,11)12/h13,15H,14H2,1-12H3/b16-13+. The predicted octanol–water partition coefficient (Wildman–Crippen LogP) is 5.87. The molecule has 0 heterocycles. The topological polar surface area (TPSA) is 75.6 Å². The van der Waals surface area contributed by atoms with Crippen LogP contribution in [-0.2, 0) is 26.5 Å². The van der Waals surface area contributed by atoms with Crippen LogP contribution in [0.1, 0.15) is 0 Å². The molecule has 0 saturated carbocycles. The lowest BCUT2D eigenvalue weighted by Crippen LogP contribution is -2.37. The Hall–Kier alpha value is 0.408. The van der Waals surface area contributed by atoms with Crippen molar-refractivity contribution < 1.29 is 26.5 Å². The molecule has 1 unspecified atom stereocenters. The van der Waals surface area contributed by atoms with E-state index in [4.69, 9.17) is 21.9 Å². The Labute approximate surface area is 170 Å². The van der Waals surface area contributed by atoms with Gasteiger partial charge >= 0.3 is 7.82 Å². The van der Waals surface area contributed by atoms with Gasteiger partial charge in [-0.1, -0.05) is 0 Å². The molecule has 7 nitrogen and oxygen atoms in total. The van der Waals surface area contributed by atoms with E-state index >= 15 is 0 Å². The van der Waals surface area contributed by atoms with Gasteiger partial charge in [-0.2, -0.15) is 0 Å². The molecule has 0 radical (unpaired) electrons. The average Bonchev–Trinajstić information content (AvgIpc) is 2.27. The molecule has 12 heteroatoms. The van der Waals surface area contributed by atoms with Gasteiger partial charge in [0, 0.05) is 0 Å². The summed E-state index contributed by atoms with van der Waals surface area (Å²) >= 11 is 0. The lowest BCUT2D eigenvalue weighted by atomic mass is 10.4. The van der Waals surface area contributed by atoms with Crippen LogP contribution in [0.5, 0.6) is 0 Å². The summed E-state index contributed by atoms with van der Waals surface area (Å²) in [5.74, 6) is 0. The van der Waals surface area contributed by atoms with Crippen LogP contribution in [-0.4, -0.2) is 52.2 Å². The normalized spacial score (nSPS) is 16.0. The first kappa shape index (κ1) is 27.4. The van der Waals surface area contributed by atoms with Crippen LogP contribution in [0.15, 0.2) is 5.16 Å². The van der Waals surface area contributed by atoms with Crippen molar-refractivity contribution in [3.63, 3.8) is 0 Å². The summed E-state index contributed by atoms with van der Waals surface area (Å²) < 4.78 is 42.2. The van der Waals surface area contributed by atoms with Crippen LogP contribution in [0.2, 0.25) is 78.6 Å². The second-order valence-electron chi connectivity index (χ2n) is 10.4. The molecule has 0 fully saturated rings. The molecule has 162 valence electrons. The average molecular weight is 474 g/mol. The van der Waals surface area contributed by atoms with E-state index in [0.717, 1.165) is 0 Å². The van der Waals surface area contributed by atoms with E-state index in [0.29, 0.717) is 0 Å². The van der Waals surface area contributed by atoms with Crippen molar-refractivity contribution in [2.24, 2.45) is 5.16 Å². The first-order chi connectivity index (χ1) is 11.7. The van der Waals surface area contributed by atoms with E-state index in [2.05, 4.69) is 24.8 Å². The second-order valence-corrected chi connectivity index (χ2v) is 30.3. The van der Waals surface area contributed by atoms with Gasteiger partial charge in [0.15, 0.2) is 25.0 Å². The Morgan fingerprint density at radius 3 is 1.56 bits per heavy atom. The van der Waals surface area contributed by atoms with Crippen molar-refractivity contribution in [3.8, 4) is 0 Å². The fourth-order valence-corrected chi connectivity index (χ4v) is 9.74. The van der Waals surface area contributed by atoms with Gasteiger partial charge in [-0.05, 0) is 78.6 Å². The van der Waals surface area contributed by atoms with Crippen LogP contribution in [0.3, 0.4) is 0 Å². The summed E-state index contributed by atoms with van der Waals surface area (Å²) in [5, 5.41) is 4.08. The van der Waals surface area contributed by atoms with Crippen molar-refractivity contribution in [1.29, 1.82) is 0 Å². The van der Waals surface area contributed by atoms with Gasteiger partial charge in [0.2, 0.25) is 0 Å². The number of rotatable bonds is 12. The van der Waals surface area contributed by atoms with Gasteiger partial charge in [0.1, 0.15) is 6.10 Å². The summed E-state index contributed by atoms with van der Waals surface area (Å²) in [4.78, 5) is 0. The van der Waals surface area contributed by atoms with E-state index < -0.39 is 47.2 Å². The summed E-state index contributed by atoms with van der Waals surface area (Å²) in [6, 6.07) is 0. The summed E-state index contributed by atoms with van der Waals surface area (Å²) in [6.45, 7) is 24.1. The summed E-state index contributed by atoms with van der Waals surface area (Å²) in [5.41, 5.74) is 0. The zero-order chi connectivity index (χ0) is 21.7. The number of nitrogens with zero attached hydrogens (tertiary/aromatic N) is 1. The summed E-state index contributed by atoms with van der Waals surface area (Å²) in [7, 11) is -11.6. The van der Waals surface area contributed by atoms with E-state index in [9.17, 15) is 4.57 Å². The fourth-order valence-electron chi connectivity index (χ4n) is 1.72. The van der Waals surface area contributed by atoms with Crippen LogP contribution < -0.4 is 0 Å². The number of hydrogen-bond donors (Lipinski definition) is 0. The number of hydrogen-bond acceptors (Lipinski definition) is 7. The van der Waals surface area contributed by atoms with Crippen molar-refractivity contribution in [2.45, 2.75) is 84.7 Å². The SMILES string of the molecule is C[Si](C)(C)O/N=C/C(COP(=O)(O[Si](C)(C)C)O[Si](C)(C)C)O[Si](C)(C)C. The third-order valence-corrected chi connectivity index (χ3v) is 10.5. The van der Waals surface area contributed by atoms with E-state index in [1.807, 2.05) is 58.9 Å². The lowest BCUT2D eigenvalue weighted by Gasteiger charge is -2.31. The van der Waals surface area contributed by atoms with E-state index in [-0.39, 0.29) is 6.61 Å². The number of phosphoric acid groups is 1. The van der Waals surface area contributed by atoms with E-state index in [1.54, 1.807) is 6.21 Å². The van der Waals surface area contributed by atoms with Gasteiger partial charge < -0.3 is 17.4 Å². The molecule has 0 rings (SSSR count). The summed E-state index contributed by atoms with van der Waals surface area (Å²) in [6.07, 6.45) is 1.11. The Balaban J connectivity index is 5.31. The monoisotopic (exact) mass is 473 g/mol. The minimum Gasteiger partial charge on any atom is -0.456 e. The predicted molar refractivity (Wildman–Crippen MR) is 124 cm³/mol. The highest BCUT2D eigenvalue weighted by molar-refractivity contribution is 7.52. The molecule has 0 aliphatic rings. The molecular weight excluding hydrogens is 433 g/mol. The maximum Gasteiger partial charge on any atom is 0.455 e. The zero-order valence-electron chi connectivity index (χ0n) is 19.2. The molecule has 0 aromatic heterocycles. The molecule has 0 N–H and O–H groups in total. The molecule has 0 saturated heterocycles. The Morgan fingerprint density at radius 1 is 0.778 bits per heavy atom. The quantitative estimate of drug-likeness (QED) is 0.153. The smallest absolute Gasteiger partial charge is 0.455 e. The third kappa shape index (κ3) is 17.0. The molecule has 0 aromatic carbocycles. The van der Waals surface area contributed by atoms with Crippen LogP contribution >= 0.6 is 7.82 Å². The van der Waals surface area contributed by atoms with Gasteiger partial charge in [-0.3, -0.25) is 4.52 Å². The maximum atomic E-state index is 13.2. The maximum absolute atomic E-state index is 13.2. The lowest BCUT2D eigenvalue weighted by molar-refractivity contribution is 0.138. The second kappa shape index (κ2) is 9.94. The highest BCUT2D eigenvalue weighted by Gasteiger charge is 2.39. The van der Waals surface area contributed by atoms with Crippen LogP contribution in [0.25, 0.3) is 0 Å². The molecule has 0 aliphatic carbocycles. The third-order valence-electron chi connectivity index (χ3n) is 2.23. The van der Waals surface area contributed by atoms with Gasteiger partial charge in [-0.25, -0.2) is 4.57 Å². The molecule has 0 spiro atoms. The van der Waals surface area contributed by atoms with Gasteiger partial charge in [0.05, 0.1) is 12.8 Å². The highest BCUT2D eigenvalue weighted by Crippen LogP contribution is 2.54. The van der Waals surface area contributed by atoms with E-state index in [1.165, 1.54) is 0 Å². The Morgan fingerprint density at radius 2 is 1.22 bits per heavy atom. The van der Waals surface area contributed by atoms with Crippen LogP contribution in [0, 0.1) is 0 Å². The largest absolute Gasteiger partial charge is 0.456 e. The molecule has 0 aliphatic heterocycles. The molecular formula is C15H40NO6PSi4. The highest BCUT2D eigenvalue weighted by atomic mass is 31.2. The first-order valence-corrected chi connectivity index (χ1v) is 24.3. The minimum atomic E-state index is -3.68. The van der Waals surface area contributed by atoms with Gasteiger partial charge in [-0.15, -0.1) is 5.16 Å². The molecule has 0 amide bonds. The molecule has 0 aromatic rings. The van der Waals surface area contributed by atoms with Crippen molar-refractivity contribution in [1.82, 2.24) is 0 Å². The minimum absolute atomic E-state index is 0.0368. The molecule has 1 atom stereocenters. The zero-order valence-corrected chi connectivity index (χ0v) is 24.1. The number of oxime groups is 1. The first-order valence-electron chi connectivity index (χ1n) is 9.25. The van der Waals surface area contributed by atoms with Crippen molar-refractivity contribution >= 4 is 47.3 Å².